The second-order valence-corrected chi connectivity index (χ2v) is 28.3. The van der Waals surface area contributed by atoms with Crippen molar-refractivity contribution in [1.29, 1.82) is 0 Å². The van der Waals surface area contributed by atoms with Crippen LogP contribution in [0.2, 0.25) is 10.0 Å². The van der Waals surface area contributed by atoms with E-state index in [1.807, 2.05) is 0 Å². The summed E-state index contributed by atoms with van der Waals surface area (Å²) in [6.45, 7) is 6.97. The molecule has 7 aliphatic heterocycles. The minimum atomic E-state index is -2.32. The Morgan fingerprint density at radius 2 is 1.35 bits per heavy atom. The Morgan fingerprint density at radius 1 is 0.725 bits per heavy atom. The first-order chi connectivity index (χ1) is 51.5. The number of fused-ring (bicyclic) bond motifs is 16. The average molecular weight is 1570 g/mol. The number of ether oxygens (including phenoxy) is 7. The molecule has 0 radical (unpaired) electrons. The number of carbonyl (C=O) groups is 9. The normalized spacial score (nSPS) is 28.5. The van der Waals surface area contributed by atoms with Crippen LogP contribution in [0.3, 0.4) is 0 Å². The van der Waals surface area contributed by atoms with E-state index in [1.54, 1.807) is 20.8 Å². The Hall–Kier alpha value is -9.77. The van der Waals surface area contributed by atoms with Crippen LogP contribution in [0, 0.1) is 5.92 Å². The standard InChI is InChI=1S/C71H83Cl2N9O27/c1-6-13-103-45(68(99)100)24-76-71(5)23-48(104-27(4)61(71)92)108-60-58(91)57(90)46(25-83)107-70(60)109-59-43-18-31-19-44(59)106-42-12-9-30(17-36(42)73)56(89)54-67(98)80-52(69(101)102)34-20-32(84)21-40(86)49(34)33-15-28(7-10-39(33)85)50(64(95)82-54)79-65(96)51(31)78-47(87)22-38(62(75)93)77-66(97)53(81-63(94)37(74)14-26(2)3)55(88)29-8-11-41(105-43)35(72)16-29/h7-12,15-21,26-27,37-38,45-46,48,50-58,60-61,70,76,83-86,88-92H,6,13-14,22-25,74H2,1-5H3,(H2,75,93)(H,77,97)(H,78,87)(H,79,96)(H,80,98)(H,81,94)(H,82,95)(H,99,100)(H,101,102)/t27?,37-,38?,45?,46?,48?,50?,51?,52?,53+,54+,55?,56-,57?,58?,60?,61?,70?,71?/m1/s1. The van der Waals surface area contributed by atoms with Crippen LogP contribution >= 0.6 is 23.2 Å². The number of nitrogens with one attached hydrogen (secondary N) is 7. The van der Waals surface area contributed by atoms with Gasteiger partial charge in [0.05, 0.1) is 41.3 Å². The number of primary amides is 1. The van der Waals surface area contributed by atoms with Crippen molar-refractivity contribution in [3.63, 3.8) is 0 Å². The highest BCUT2D eigenvalue weighted by Crippen LogP contribution is 2.50. The Morgan fingerprint density at radius 3 is 1.94 bits per heavy atom. The van der Waals surface area contributed by atoms with Gasteiger partial charge in [-0.3, -0.25) is 33.6 Å². The van der Waals surface area contributed by atoms with Gasteiger partial charge in [0.2, 0.25) is 53.4 Å². The maximum Gasteiger partial charge on any atom is 0.334 e. The van der Waals surface area contributed by atoms with Crippen molar-refractivity contribution in [3.05, 3.63) is 117 Å². The Labute approximate surface area is 630 Å². The lowest BCUT2D eigenvalue weighted by Gasteiger charge is -2.48. The molecule has 2 saturated heterocycles. The first-order valence-corrected chi connectivity index (χ1v) is 35.1. The number of aromatic hydroxyl groups is 3. The molecule has 15 unspecified atom stereocenters. The summed E-state index contributed by atoms with van der Waals surface area (Å²) >= 11 is 14.2. The number of amides is 7. The molecule has 36 nitrogen and oxygen atoms in total. The molecule has 7 amide bonds. The second kappa shape index (κ2) is 34.0. The average Bonchev–Trinajstić information content (AvgIpc) is 0.955. The van der Waals surface area contributed by atoms with Crippen LogP contribution in [0.1, 0.15) is 118 Å². The minimum absolute atomic E-state index is 0.0725. The van der Waals surface area contributed by atoms with E-state index in [4.69, 9.17) is 67.8 Å². The number of carboxylic acids is 2. The zero-order valence-electron chi connectivity index (χ0n) is 58.8. The molecule has 588 valence electrons. The number of hydrogen-bond acceptors (Lipinski definition) is 27. The van der Waals surface area contributed by atoms with Crippen molar-refractivity contribution < 1.29 is 132 Å². The van der Waals surface area contributed by atoms with Gasteiger partial charge in [0, 0.05) is 47.9 Å². The van der Waals surface area contributed by atoms with E-state index in [1.165, 1.54) is 19.9 Å². The van der Waals surface area contributed by atoms with E-state index in [2.05, 4.69) is 37.2 Å². The highest BCUT2D eigenvalue weighted by molar-refractivity contribution is 6.32. The summed E-state index contributed by atoms with van der Waals surface area (Å²) in [6, 6.07) is -1.23. The van der Waals surface area contributed by atoms with Crippen LogP contribution in [-0.4, -0.2) is 214 Å². The largest absolute Gasteiger partial charge is 0.508 e. The predicted octanol–water partition coefficient (Wildman–Crippen LogP) is 0.356. The van der Waals surface area contributed by atoms with Gasteiger partial charge in [-0.15, -0.1) is 0 Å². The molecule has 0 aliphatic carbocycles. The molecular formula is C71H83Cl2N9O27. The fourth-order valence-electron chi connectivity index (χ4n) is 13.2. The third-order valence-corrected chi connectivity index (χ3v) is 19.5. The monoisotopic (exact) mass is 1560 g/mol. The first kappa shape index (κ1) is 81.7. The van der Waals surface area contributed by atoms with Gasteiger partial charge in [0.25, 0.3) is 0 Å². The van der Waals surface area contributed by atoms with Crippen molar-refractivity contribution >= 4 is 76.5 Å². The van der Waals surface area contributed by atoms with Crippen LogP contribution in [0.4, 0.5) is 0 Å². The van der Waals surface area contributed by atoms with Gasteiger partial charge >= 0.3 is 11.9 Å². The fraction of sp³-hybridized carbons (Fsp3) is 0.451. The van der Waals surface area contributed by atoms with Crippen LogP contribution in [0.5, 0.6) is 46.0 Å². The van der Waals surface area contributed by atoms with Gasteiger partial charge in [0.1, 0.15) is 89.5 Å². The smallest absolute Gasteiger partial charge is 0.334 e. The summed E-state index contributed by atoms with van der Waals surface area (Å²) in [4.78, 5) is 129. The number of nitrogens with two attached hydrogens (primary N) is 2. The summed E-state index contributed by atoms with van der Waals surface area (Å²) < 4.78 is 44.3. The molecule has 0 spiro atoms. The van der Waals surface area contributed by atoms with E-state index in [-0.39, 0.29) is 48.6 Å². The maximum atomic E-state index is 16.0. The lowest BCUT2D eigenvalue weighted by atomic mass is 9.84. The summed E-state index contributed by atoms with van der Waals surface area (Å²) in [7, 11) is 0. The molecule has 5 aromatic carbocycles. The molecule has 0 saturated carbocycles. The molecule has 109 heavy (non-hydrogen) atoms. The Kier molecular flexibility index (Phi) is 25.5. The molecule has 19 atom stereocenters. The van der Waals surface area contributed by atoms with E-state index in [0.717, 1.165) is 72.8 Å². The lowest BCUT2D eigenvalue weighted by molar-refractivity contribution is -0.334. The number of aliphatic hydroxyl groups excluding tert-OH is 6. The number of carboxylic acid groups (broad SMARTS) is 2. The van der Waals surface area contributed by atoms with Crippen LogP contribution in [-0.2, 0) is 62.1 Å². The van der Waals surface area contributed by atoms with Crippen molar-refractivity contribution in [2.24, 2.45) is 17.4 Å². The number of benzene rings is 5. The Balaban J connectivity index is 1.20. The summed E-state index contributed by atoms with van der Waals surface area (Å²) in [5, 5.41) is 142. The van der Waals surface area contributed by atoms with Crippen molar-refractivity contribution in [2.75, 3.05) is 19.8 Å². The highest BCUT2D eigenvalue weighted by Gasteiger charge is 2.52. The molecule has 22 N–H and O–H groups in total. The summed E-state index contributed by atoms with van der Waals surface area (Å²) in [5.74, 6) is -17.9. The zero-order valence-corrected chi connectivity index (χ0v) is 60.3. The summed E-state index contributed by atoms with van der Waals surface area (Å²) in [6.07, 6.45) is -20.7. The molecule has 11 bridgehead atoms. The van der Waals surface area contributed by atoms with Crippen LogP contribution in [0.25, 0.3) is 11.1 Å². The van der Waals surface area contributed by atoms with Crippen molar-refractivity contribution in [2.45, 2.75) is 176 Å². The third-order valence-electron chi connectivity index (χ3n) is 18.9. The topological polar surface area (TPSA) is 577 Å². The Bertz CT molecular complexity index is 4330. The van der Waals surface area contributed by atoms with Gasteiger partial charge in [-0.05, 0) is 109 Å². The van der Waals surface area contributed by atoms with Gasteiger partial charge in [-0.2, -0.15) is 0 Å². The number of aliphatic carboxylic acids is 2. The third kappa shape index (κ3) is 18.1. The number of rotatable bonds is 18. The quantitative estimate of drug-likeness (QED) is 0.0563. The molecule has 12 rings (SSSR count). The van der Waals surface area contributed by atoms with E-state index in [9.17, 15) is 84.9 Å². The van der Waals surface area contributed by atoms with Crippen LogP contribution in [0.15, 0.2) is 78.9 Å². The molecule has 5 aromatic rings. The number of phenols is 3. The van der Waals surface area contributed by atoms with Crippen molar-refractivity contribution in [3.8, 4) is 57.1 Å². The van der Waals surface area contributed by atoms with E-state index in [0.29, 0.717) is 6.42 Å². The molecular weight excluding hydrogens is 1480 g/mol. The van der Waals surface area contributed by atoms with Crippen molar-refractivity contribution in [1.82, 2.24) is 37.2 Å². The lowest BCUT2D eigenvalue weighted by Crippen LogP contribution is -2.66. The van der Waals surface area contributed by atoms with Gasteiger partial charge < -0.3 is 138 Å². The molecule has 2 fully saturated rings. The molecule has 0 aromatic heterocycles. The zero-order chi connectivity index (χ0) is 79.5. The van der Waals surface area contributed by atoms with Gasteiger partial charge in [-0.1, -0.05) is 62.2 Å². The number of phenolic OH excluding ortho intramolecular Hbond substituents is 3. The summed E-state index contributed by atoms with van der Waals surface area (Å²) in [5.41, 5.74) is 7.65. The molecule has 38 heteroatoms. The highest BCUT2D eigenvalue weighted by atomic mass is 35.5. The first-order valence-electron chi connectivity index (χ1n) is 34.3. The number of hydrogen-bond donors (Lipinski definition) is 20. The van der Waals surface area contributed by atoms with E-state index < -0.39 is 260 Å². The van der Waals surface area contributed by atoms with Crippen LogP contribution < -0.4 is 62.9 Å². The van der Waals surface area contributed by atoms with E-state index >= 15 is 14.4 Å². The number of halogens is 2. The maximum absolute atomic E-state index is 16.0. The number of carbonyl (C=O) groups excluding carboxylic acids is 7. The minimum Gasteiger partial charge on any atom is -0.508 e. The van der Waals surface area contributed by atoms with Gasteiger partial charge in [0.15, 0.2) is 36.0 Å². The van der Waals surface area contributed by atoms with Gasteiger partial charge in [-0.25, -0.2) is 9.59 Å². The fourth-order valence-corrected chi connectivity index (χ4v) is 13.7. The molecule has 7 aliphatic rings. The SMILES string of the molecule is CCCOC(CNC1(C)CC(OC2C(Oc3c4cc5cc3Oc3ccc(cc3Cl)[C@@H](O)[C@@H]3NC(=O)C(NC(=O)C5NC(=O)CC(C(N)=O)NC(=O)[C@@H](NC(=O)[C@H](N)CC(C)C)C(O)c5ccc(c(Cl)c5)O4)c4ccc(O)c(c4)-c4c(O)cc(O)cc4C(C(=O)O)NC3=O)OC(CO)C(O)C2O)OC(C)C1O)C(=O)O. The second-order valence-electron chi connectivity index (χ2n) is 27.5. The number of aliphatic hydroxyl groups is 6. The predicted molar refractivity (Wildman–Crippen MR) is 376 cm³/mol. The molecule has 7 heterocycles.